The number of rotatable bonds is 5. The van der Waals surface area contributed by atoms with Gasteiger partial charge in [-0.2, -0.15) is 0 Å². The molecule has 0 atom stereocenters. The Bertz CT molecular complexity index is 1190. The van der Waals surface area contributed by atoms with Gasteiger partial charge in [0.25, 0.3) is 11.8 Å². The maximum atomic E-state index is 13.6. The van der Waals surface area contributed by atoms with E-state index in [-0.39, 0.29) is 11.8 Å². The minimum atomic E-state index is -0.550. The van der Waals surface area contributed by atoms with Gasteiger partial charge in [0.2, 0.25) is 0 Å². The molecule has 4 rings (SSSR count). The van der Waals surface area contributed by atoms with Crippen LogP contribution in [0.5, 0.6) is 11.6 Å². The number of hydrogen-bond donors (Lipinski definition) is 1. The summed E-state index contributed by atoms with van der Waals surface area (Å²) in [5.74, 6) is -0.527. The molecule has 0 aliphatic carbocycles. The van der Waals surface area contributed by atoms with Gasteiger partial charge in [-0.1, -0.05) is 6.92 Å². The number of aromatic nitrogens is 3. The van der Waals surface area contributed by atoms with Gasteiger partial charge >= 0.3 is 0 Å². The number of fused-ring (bicyclic) bond motifs is 1. The Morgan fingerprint density at radius 1 is 1.17 bits per heavy atom. The predicted octanol–water partition coefficient (Wildman–Crippen LogP) is 4.78. The minimum Gasteiger partial charge on any atom is -0.436 e. The van der Waals surface area contributed by atoms with Gasteiger partial charge in [-0.25, -0.2) is 14.4 Å². The number of imidazole rings is 1. The summed E-state index contributed by atoms with van der Waals surface area (Å²) in [6.45, 7) is 4.07. The van der Waals surface area contributed by atoms with E-state index in [1.165, 1.54) is 18.3 Å². The lowest BCUT2D eigenvalue weighted by atomic mass is 10.2. The molecule has 1 amide bonds. The molecule has 4 aromatic rings. The number of anilines is 1. The Kier molecular flexibility index (Phi) is 4.95. The molecule has 146 valence electrons. The highest BCUT2D eigenvalue weighted by Gasteiger charge is 2.11. The Morgan fingerprint density at radius 2 is 1.97 bits per heavy atom. The van der Waals surface area contributed by atoms with Crippen LogP contribution >= 0.6 is 0 Å². The van der Waals surface area contributed by atoms with E-state index in [1.54, 1.807) is 24.3 Å². The lowest BCUT2D eigenvalue weighted by molar-refractivity contribution is 0.102. The molecule has 3 aromatic heterocycles. The van der Waals surface area contributed by atoms with Gasteiger partial charge in [-0.15, -0.1) is 0 Å². The van der Waals surface area contributed by atoms with Crippen molar-refractivity contribution in [2.45, 2.75) is 20.3 Å². The lowest BCUT2D eigenvalue weighted by Gasteiger charge is -2.08. The van der Waals surface area contributed by atoms with E-state index in [9.17, 15) is 9.18 Å². The van der Waals surface area contributed by atoms with Crippen LogP contribution in [-0.2, 0) is 6.42 Å². The van der Waals surface area contributed by atoms with E-state index < -0.39 is 5.82 Å². The molecule has 0 aliphatic heterocycles. The molecule has 0 radical (unpaired) electrons. The molecule has 0 spiro atoms. The molecule has 3 heterocycles. The summed E-state index contributed by atoms with van der Waals surface area (Å²) in [4.78, 5) is 21.0. The topological polar surface area (TPSA) is 68.5 Å². The third kappa shape index (κ3) is 3.80. The fourth-order valence-corrected chi connectivity index (χ4v) is 3.06. The molecule has 7 heteroatoms. The number of amides is 1. The van der Waals surface area contributed by atoms with Crippen LogP contribution in [0.25, 0.3) is 5.65 Å². The monoisotopic (exact) mass is 390 g/mol. The van der Waals surface area contributed by atoms with Crippen LogP contribution in [0.1, 0.15) is 28.7 Å². The van der Waals surface area contributed by atoms with Crippen LogP contribution in [0.15, 0.2) is 60.9 Å². The molecule has 1 N–H and O–H groups in total. The van der Waals surface area contributed by atoms with Crippen molar-refractivity contribution in [3.8, 4) is 11.6 Å². The average Bonchev–Trinajstić information content (AvgIpc) is 3.05. The summed E-state index contributed by atoms with van der Waals surface area (Å²) in [6, 6.07) is 12.9. The van der Waals surface area contributed by atoms with Crippen molar-refractivity contribution in [3.63, 3.8) is 0 Å². The van der Waals surface area contributed by atoms with Gasteiger partial charge in [0.15, 0.2) is 5.82 Å². The number of pyridine rings is 2. The molecule has 0 fully saturated rings. The first-order valence-electron chi connectivity index (χ1n) is 9.22. The Labute approximate surface area is 167 Å². The number of hydrogen-bond acceptors (Lipinski definition) is 4. The second-order valence-corrected chi connectivity index (χ2v) is 6.51. The second-order valence-electron chi connectivity index (χ2n) is 6.51. The second kappa shape index (κ2) is 7.71. The molecule has 0 saturated heterocycles. The Hall–Kier alpha value is -3.74. The highest BCUT2D eigenvalue weighted by atomic mass is 19.1. The van der Waals surface area contributed by atoms with Gasteiger partial charge in [0.05, 0.1) is 11.4 Å². The number of carbonyl (C=O) groups excluding carboxylic acids is 1. The Morgan fingerprint density at radius 3 is 2.69 bits per heavy atom. The smallest absolute Gasteiger partial charge is 0.255 e. The summed E-state index contributed by atoms with van der Waals surface area (Å²) in [5.41, 5.74) is 4.06. The molecular weight excluding hydrogens is 371 g/mol. The molecule has 0 bridgehead atoms. The number of benzene rings is 1. The van der Waals surface area contributed by atoms with Crippen molar-refractivity contribution in [1.82, 2.24) is 14.4 Å². The zero-order valence-electron chi connectivity index (χ0n) is 16.0. The number of ether oxygens (including phenoxy) is 1. The fourth-order valence-electron chi connectivity index (χ4n) is 3.06. The van der Waals surface area contributed by atoms with E-state index in [2.05, 4.69) is 22.2 Å². The molecular formula is C22H19FN4O2. The van der Waals surface area contributed by atoms with Crippen LogP contribution in [0.3, 0.4) is 0 Å². The summed E-state index contributed by atoms with van der Waals surface area (Å²) in [7, 11) is 0. The summed E-state index contributed by atoms with van der Waals surface area (Å²) in [5, 5.41) is 2.88. The van der Waals surface area contributed by atoms with Gasteiger partial charge in [0, 0.05) is 23.7 Å². The van der Waals surface area contributed by atoms with E-state index in [0.717, 1.165) is 23.5 Å². The van der Waals surface area contributed by atoms with Crippen LogP contribution in [0.2, 0.25) is 0 Å². The first-order chi connectivity index (χ1) is 14.0. The molecule has 1 aromatic carbocycles. The third-order valence-corrected chi connectivity index (χ3v) is 4.60. The molecule has 0 aliphatic rings. The fraction of sp³-hybridized carbons (Fsp3) is 0.136. The lowest BCUT2D eigenvalue weighted by Crippen LogP contribution is -2.12. The van der Waals surface area contributed by atoms with Gasteiger partial charge in [-0.05, 0) is 61.9 Å². The highest BCUT2D eigenvalue weighted by Crippen LogP contribution is 2.22. The zero-order valence-corrected chi connectivity index (χ0v) is 16.0. The van der Waals surface area contributed by atoms with Crippen LogP contribution in [0, 0.1) is 12.7 Å². The van der Waals surface area contributed by atoms with Crippen LogP contribution in [-0.4, -0.2) is 20.3 Å². The van der Waals surface area contributed by atoms with E-state index in [0.29, 0.717) is 17.0 Å². The first kappa shape index (κ1) is 18.6. The van der Waals surface area contributed by atoms with Crippen molar-refractivity contribution in [2.24, 2.45) is 0 Å². The van der Waals surface area contributed by atoms with Gasteiger partial charge in [0.1, 0.15) is 11.4 Å². The number of aryl methyl sites for hydroxylation is 2. The maximum absolute atomic E-state index is 13.6. The SMILES string of the molecule is CCc1nc2ccc(NC(=O)c3ccc(Oc4ncccc4F)cc3)cn2c1C. The van der Waals surface area contributed by atoms with E-state index in [1.807, 2.05) is 29.7 Å². The molecule has 29 heavy (non-hydrogen) atoms. The number of carbonyl (C=O) groups is 1. The minimum absolute atomic E-state index is 0.111. The molecule has 0 saturated carbocycles. The largest absolute Gasteiger partial charge is 0.436 e. The highest BCUT2D eigenvalue weighted by molar-refractivity contribution is 6.04. The average molecular weight is 390 g/mol. The first-order valence-corrected chi connectivity index (χ1v) is 9.22. The van der Waals surface area contributed by atoms with Gasteiger partial charge in [-0.3, -0.25) is 4.79 Å². The van der Waals surface area contributed by atoms with Crippen molar-refractivity contribution in [1.29, 1.82) is 0 Å². The zero-order chi connectivity index (χ0) is 20.4. The summed E-state index contributed by atoms with van der Waals surface area (Å²) in [6.07, 6.45) is 4.16. The molecule has 0 unspecified atom stereocenters. The van der Waals surface area contributed by atoms with E-state index in [4.69, 9.17) is 4.74 Å². The van der Waals surface area contributed by atoms with Crippen molar-refractivity contribution in [3.05, 3.63) is 83.7 Å². The Balaban J connectivity index is 1.49. The van der Waals surface area contributed by atoms with Crippen LogP contribution < -0.4 is 10.1 Å². The molecule has 6 nitrogen and oxygen atoms in total. The normalized spacial score (nSPS) is 10.9. The standard InChI is InChI=1S/C22H19FN4O2/c1-3-19-14(2)27-13-16(8-11-20(27)26-19)25-21(28)15-6-9-17(10-7-15)29-22-18(23)5-4-12-24-22/h4-13H,3H2,1-2H3,(H,25,28). The number of nitrogens with zero attached hydrogens (tertiary/aromatic N) is 3. The summed E-state index contributed by atoms with van der Waals surface area (Å²) >= 11 is 0. The third-order valence-electron chi connectivity index (χ3n) is 4.60. The van der Waals surface area contributed by atoms with Crippen LogP contribution in [0.4, 0.5) is 10.1 Å². The van der Waals surface area contributed by atoms with Crippen molar-refractivity contribution >= 4 is 17.2 Å². The van der Waals surface area contributed by atoms with Gasteiger partial charge < -0.3 is 14.5 Å². The predicted molar refractivity (Wildman–Crippen MR) is 108 cm³/mol. The quantitative estimate of drug-likeness (QED) is 0.532. The van der Waals surface area contributed by atoms with E-state index >= 15 is 0 Å². The summed E-state index contributed by atoms with van der Waals surface area (Å²) < 4.78 is 21.0. The maximum Gasteiger partial charge on any atom is 0.255 e. The van der Waals surface area contributed by atoms with Crippen molar-refractivity contribution in [2.75, 3.05) is 5.32 Å². The number of halogens is 1. The number of nitrogens with one attached hydrogen (secondary N) is 1. The van der Waals surface area contributed by atoms with Crippen molar-refractivity contribution < 1.29 is 13.9 Å².